The Balaban J connectivity index is 2.15. The molecule has 0 saturated heterocycles. The van der Waals surface area contributed by atoms with Crippen molar-refractivity contribution in [3.05, 3.63) is 45.1 Å². The van der Waals surface area contributed by atoms with E-state index in [1.165, 1.54) is 4.88 Å². The van der Waals surface area contributed by atoms with Crippen LogP contribution in [-0.4, -0.2) is 7.11 Å². The van der Waals surface area contributed by atoms with Crippen molar-refractivity contribution in [2.24, 2.45) is 0 Å². The maximum absolute atomic E-state index is 5.24. The first-order valence-electron chi connectivity index (χ1n) is 5.33. The normalized spacial score (nSPS) is 12.2. The van der Waals surface area contributed by atoms with Gasteiger partial charge in [0.2, 0.25) is 0 Å². The molecule has 0 aliphatic carbocycles. The minimum Gasteiger partial charge on any atom is -0.497 e. The summed E-state index contributed by atoms with van der Waals surface area (Å²) in [6.45, 7) is 2.15. The molecule has 4 heteroatoms. The molecule has 0 aliphatic rings. The van der Waals surface area contributed by atoms with Crippen molar-refractivity contribution in [2.75, 3.05) is 12.4 Å². The fraction of sp³-hybridized carbons (Fsp3) is 0.231. The Bertz CT molecular complexity index is 484. The molecule has 0 saturated carbocycles. The Morgan fingerprint density at radius 2 is 2.18 bits per heavy atom. The van der Waals surface area contributed by atoms with Gasteiger partial charge in [-0.2, -0.15) is 0 Å². The number of halogens is 1. The second-order valence-electron chi connectivity index (χ2n) is 3.76. The highest BCUT2D eigenvalue weighted by Gasteiger charge is 2.07. The van der Waals surface area contributed by atoms with Gasteiger partial charge in [0, 0.05) is 21.1 Å². The van der Waals surface area contributed by atoms with Gasteiger partial charge in [0.05, 0.1) is 13.2 Å². The second-order valence-corrected chi connectivity index (χ2v) is 5.66. The number of methoxy groups -OCH3 is 1. The summed E-state index contributed by atoms with van der Waals surface area (Å²) in [7, 11) is 1.67. The number of nitrogens with one attached hydrogen (secondary N) is 1. The Morgan fingerprint density at radius 3 is 2.82 bits per heavy atom. The summed E-state index contributed by atoms with van der Waals surface area (Å²) in [5, 5.41) is 5.55. The molecule has 0 amide bonds. The van der Waals surface area contributed by atoms with Crippen LogP contribution in [0, 0.1) is 0 Å². The summed E-state index contributed by atoms with van der Waals surface area (Å²) in [4.78, 5) is 1.32. The van der Waals surface area contributed by atoms with E-state index >= 15 is 0 Å². The lowest BCUT2D eigenvalue weighted by molar-refractivity contribution is 0.414. The number of benzene rings is 1. The highest BCUT2D eigenvalue weighted by molar-refractivity contribution is 9.10. The van der Waals surface area contributed by atoms with Crippen LogP contribution in [0.2, 0.25) is 0 Å². The van der Waals surface area contributed by atoms with Crippen molar-refractivity contribution in [3.63, 3.8) is 0 Å². The first-order valence-corrected chi connectivity index (χ1v) is 7.01. The van der Waals surface area contributed by atoms with Crippen LogP contribution >= 0.6 is 27.3 Å². The van der Waals surface area contributed by atoms with Crippen LogP contribution in [0.15, 0.2) is 40.2 Å². The lowest BCUT2D eigenvalue weighted by Crippen LogP contribution is -2.04. The van der Waals surface area contributed by atoms with Crippen molar-refractivity contribution >= 4 is 33.0 Å². The summed E-state index contributed by atoms with van der Waals surface area (Å²) in [5.74, 6) is 0.847. The molecule has 1 aromatic heterocycles. The van der Waals surface area contributed by atoms with Gasteiger partial charge < -0.3 is 10.1 Å². The summed E-state index contributed by atoms with van der Waals surface area (Å²) in [6.07, 6.45) is 0. The number of hydrogen-bond acceptors (Lipinski definition) is 3. The predicted molar refractivity (Wildman–Crippen MR) is 77.1 cm³/mol. The zero-order valence-electron chi connectivity index (χ0n) is 9.74. The molecule has 0 spiro atoms. The van der Waals surface area contributed by atoms with Crippen LogP contribution in [0.4, 0.5) is 5.69 Å². The summed E-state index contributed by atoms with van der Waals surface area (Å²) in [5.41, 5.74) is 1.05. The van der Waals surface area contributed by atoms with E-state index in [0.29, 0.717) is 6.04 Å². The molecule has 2 rings (SSSR count). The molecule has 0 radical (unpaired) electrons. The zero-order valence-corrected chi connectivity index (χ0v) is 12.1. The van der Waals surface area contributed by atoms with Crippen molar-refractivity contribution in [1.82, 2.24) is 0 Å². The maximum Gasteiger partial charge on any atom is 0.122 e. The van der Waals surface area contributed by atoms with E-state index in [9.17, 15) is 0 Å². The molecule has 1 atom stereocenters. The first-order chi connectivity index (χ1) is 8.19. The zero-order chi connectivity index (χ0) is 12.3. The van der Waals surface area contributed by atoms with Crippen molar-refractivity contribution in [1.29, 1.82) is 0 Å². The summed E-state index contributed by atoms with van der Waals surface area (Å²) < 4.78 is 6.25. The van der Waals surface area contributed by atoms with E-state index in [0.717, 1.165) is 15.9 Å². The van der Waals surface area contributed by atoms with E-state index < -0.39 is 0 Å². The molecule has 0 bridgehead atoms. The van der Waals surface area contributed by atoms with Crippen molar-refractivity contribution < 1.29 is 4.74 Å². The maximum atomic E-state index is 5.24. The first kappa shape index (κ1) is 12.5. The van der Waals surface area contributed by atoms with E-state index in [1.54, 1.807) is 18.4 Å². The SMILES string of the molecule is COc1cc(Br)cc(NC(C)c2cccs2)c1. The van der Waals surface area contributed by atoms with Gasteiger partial charge in [0.25, 0.3) is 0 Å². The Labute approximate surface area is 114 Å². The molecule has 1 unspecified atom stereocenters. The number of ether oxygens (including phenoxy) is 1. The number of thiophene rings is 1. The molecule has 0 fully saturated rings. The molecular formula is C13H14BrNOS. The number of rotatable bonds is 4. The molecule has 1 aromatic carbocycles. The van der Waals surface area contributed by atoms with Crippen LogP contribution in [0.3, 0.4) is 0 Å². The Kier molecular flexibility index (Phi) is 4.07. The van der Waals surface area contributed by atoms with E-state index in [2.05, 4.69) is 45.7 Å². The van der Waals surface area contributed by atoms with Gasteiger partial charge in [-0.25, -0.2) is 0 Å². The van der Waals surface area contributed by atoms with Crippen LogP contribution in [-0.2, 0) is 0 Å². The molecule has 17 heavy (non-hydrogen) atoms. The van der Waals surface area contributed by atoms with Gasteiger partial charge in [-0.15, -0.1) is 11.3 Å². The third-order valence-electron chi connectivity index (χ3n) is 2.46. The topological polar surface area (TPSA) is 21.3 Å². The lowest BCUT2D eigenvalue weighted by atomic mass is 10.2. The molecule has 90 valence electrons. The molecule has 2 nitrogen and oxygen atoms in total. The van der Waals surface area contributed by atoms with Crippen LogP contribution in [0.5, 0.6) is 5.75 Å². The molecule has 0 aliphatic heterocycles. The summed E-state index contributed by atoms with van der Waals surface area (Å²) in [6, 6.07) is 10.5. The number of hydrogen-bond donors (Lipinski definition) is 1. The smallest absolute Gasteiger partial charge is 0.122 e. The lowest BCUT2D eigenvalue weighted by Gasteiger charge is -2.15. The molecule has 2 aromatic rings. The standard InChI is InChI=1S/C13H14BrNOS/c1-9(13-4-3-5-17-13)15-11-6-10(14)7-12(8-11)16-2/h3-9,15H,1-2H3. The minimum atomic E-state index is 0.300. The minimum absolute atomic E-state index is 0.300. The highest BCUT2D eigenvalue weighted by Crippen LogP contribution is 2.28. The van der Waals surface area contributed by atoms with Gasteiger partial charge >= 0.3 is 0 Å². The third kappa shape index (κ3) is 3.23. The van der Waals surface area contributed by atoms with Gasteiger partial charge in [0.15, 0.2) is 0 Å². The molecular weight excluding hydrogens is 298 g/mol. The second kappa shape index (κ2) is 5.56. The largest absolute Gasteiger partial charge is 0.497 e. The Morgan fingerprint density at radius 1 is 1.35 bits per heavy atom. The highest BCUT2D eigenvalue weighted by atomic mass is 79.9. The average Bonchev–Trinajstić information content (AvgIpc) is 2.81. The monoisotopic (exact) mass is 311 g/mol. The van der Waals surface area contributed by atoms with E-state index in [4.69, 9.17) is 4.74 Å². The van der Waals surface area contributed by atoms with Crippen molar-refractivity contribution in [3.8, 4) is 5.75 Å². The summed E-state index contributed by atoms with van der Waals surface area (Å²) >= 11 is 5.23. The van der Waals surface area contributed by atoms with Crippen LogP contribution in [0.25, 0.3) is 0 Å². The number of anilines is 1. The van der Waals surface area contributed by atoms with E-state index in [-0.39, 0.29) is 0 Å². The Hall–Kier alpha value is -1.00. The predicted octanol–water partition coefficient (Wildman–Crippen LogP) is 4.69. The fourth-order valence-corrected chi connectivity index (χ4v) is 2.83. The van der Waals surface area contributed by atoms with Crippen LogP contribution in [0.1, 0.15) is 17.8 Å². The fourth-order valence-electron chi connectivity index (χ4n) is 1.62. The molecule has 1 heterocycles. The quantitative estimate of drug-likeness (QED) is 0.884. The van der Waals surface area contributed by atoms with Crippen LogP contribution < -0.4 is 10.1 Å². The van der Waals surface area contributed by atoms with Gasteiger partial charge in [-0.1, -0.05) is 22.0 Å². The third-order valence-corrected chi connectivity index (χ3v) is 3.97. The van der Waals surface area contributed by atoms with Gasteiger partial charge in [-0.3, -0.25) is 0 Å². The van der Waals surface area contributed by atoms with Gasteiger partial charge in [-0.05, 0) is 30.5 Å². The van der Waals surface area contributed by atoms with Gasteiger partial charge in [0.1, 0.15) is 5.75 Å². The van der Waals surface area contributed by atoms with Crippen molar-refractivity contribution in [2.45, 2.75) is 13.0 Å². The average molecular weight is 312 g/mol. The van der Waals surface area contributed by atoms with E-state index in [1.807, 2.05) is 18.2 Å². The molecule has 1 N–H and O–H groups in total.